The third-order valence-corrected chi connectivity index (χ3v) is 11.9. The number of hydrogen-bond donors (Lipinski definition) is 0. The monoisotopic (exact) mass is 722 g/mol. The minimum Gasteiger partial charge on any atom is -0.457 e. The summed E-state index contributed by atoms with van der Waals surface area (Å²) < 4.78 is 6.59. The van der Waals surface area contributed by atoms with Gasteiger partial charge in [-0.2, -0.15) is 0 Å². The van der Waals surface area contributed by atoms with Gasteiger partial charge < -0.3 is 4.74 Å². The van der Waals surface area contributed by atoms with Gasteiger partial charge in [-0.25, -0.2) is 9.97 Å². The zero-order valence-electron chi connectivity index (χ0n) is 31.3. The second-order valence-electron chi connectivity index (χ2n) is 15.1. The molecule has 0 amide bonds. The van der Waals surface area contributed by atoms with Gasteiger partial charge in [0, 0.05) is 28.5 Å². The van der Waals surface area contributed by atoms with Crippen LogP contribution in [0.25, 0.3) is 22.5 Å². The van der Waals surface area contributed by atoms with Gasteiger partial charge in [-0.1, -0.05) is 182 Å². The zero-order chi connectivity index (χ0) is 37.3. The lowest BCUT2D eigenvalue weighted by molar-refractivity contribution is 0.434. The summed E-state index contributed by atoms with van der Waals surface area (Å²) in [7, 11) is 0. The molecule has 6 aromatic rings. The first-order chi connectivity index (χ1) is 27.8. The summed E-state index contributed by atoms with van der Waals surface area (Å²) in [5.74, 6) is 3.21. The number of hydrogen-bond acceptors (Lipinski definition) is 3. The topological polar surface area (TPSA) is 35.0 Å². The van der Waals surface area contributed by atoms with Crippen molar-refractivity contribution in [1.29, 1.82) is 0 Å². The Kier molecular flexibility index (Phi) is 8.84. The van der Waals surface area contributed by atoms with Crippen molar-refractivity contribution >= 4 is 11.1 Å². The molecule has 3 heteroatoms. The first-order valence-corrected chi connectivity index (χ1v) is 19.8. The summed E-state index contributed by atoms with van der Waals surface area (Å²) in [4.78, 5) is 10.2. The Morgan fingerprint density at radius 3 is 1.96 bits per heavy atom. The molecule has 0 N–H and O–H groups in total. The fraction of sp³-hybridized carbons (Fsp3) is 0.132. The van der Waals surface area contributed by atoms with E-state index in [0.29, 0.717) is 5.92 Å². The summed E-state index contributed by atoms with van der Waals surface area (Å²) >= 11 is 0. The summed E-state index contributed by atoms with van der Waals surface area (Å²) in [6.45, 7) is 0. The SMILES string of the molecule is C1=CCC(c2cc(C3=CC=C(C4C=CC(c5ccccc5C5(c6ccccc6)c6ccccc6Oc6ccccc65)=CC4)CC3)nc(-c3ccccc3)n2)C=C1. The van der Waals surface area contributed by atoms with Crippen molar-refractivity contribution in [3.8, 4) is 22.9 Å². The molecule has 0 spiro atoms. The molecule has 5 aromatic carbocycles. The maximum Gasteiger partial charge on any atom is 0.160 e. The van der Waals surface area contributed by atoms with Gasteiger partial charge in [0.05, 0.1) is 16.8 Å². The van der Waals surface area contributed by atoms with E-state index in [4.69, 9.17) is 14.7 Å². The molecular formula is C53H42N2O. The highest BCUT2D eigenvalue weighted by molar-refractivity contribution is 5.82. The lowest BCUT2D eigenvalue weighted by Gasteiger charge is -2.42. The molecule has 1 aromatic heterocycles. The Balaban J connectivity index is 0.984. The molecule has 2 atom stereocenters. The Morgan fingerprint density at radius 1 is 0.589 bits per heavy atom. The van der Waals surface area contributed by atoms with Crippen LogP contribution < -0.4 is 4.74 Å². The first kappa shape index (κ1) is 33.9. The summed E-state index contributed by atoms with van der Waals surface area (Å²) in [5.41, 5.74) is 12.7. The van der Waals surface area contributed by atoms with Crippen LogP contribution in [0.3, 0.4) is 0 Å². The zero-order valence-corrected chi connectivity index (χ0v) is 31.3. The number of aromatic nitrogens is 2. The highest BCUT2D eigenvalue weighted by atomic mass is 16.5. The predicted molar refractivity (Wildman–Crippen MR) is 228 cm³/mol. The normalized spacial score (nSPS) is 19.2. The number of rotatable bonds is 7. The Bertz CT molecular complexity index is 2580. The number of fused-ring (bicyclic) bond motifs is 2. The molecule has 4 aliphatic rings. The van der Waals surface area contributed by atoms with Crippen molar-refractivity contribution in [2.45, 2.75) is 37.0 Å². The third kappa shape index (κ3) is 6.01. The van der Waals surface area contributed by atoms with Gasteiger partial charge in [0.15, 0.2) is 5.82 Å². The largest absolute Gasteiger partial charge is 0.457 e. The van der Waals surface area contributed by atoms with Crippen molar-refractivity contribution in [3.05, 3.63) is 239 Å². The van der Waals surface area contributed by atoms with E-state index < -0.39 is 5.41 Å². The number of para-hydroxylation sites is 2. The van der Waals surface area contributed by atoms with E-state index in [9.17, 15) is 0 Å². The molecule has 2 unspecified atom stereocenters. The van der Waals surface area contributed by atoms with Gasteiger partial charge in [0.25, 0.3) is 0 Å². The van der Waals surface area contributed by atoms with Crippen molar-refractivity contribution in [2.24, 2.45) is 5.92 Å². The predicted octanol–water partition coefficient (Wildman–Crippen LogP) is 13.0. The van der Waals surface area contributed by atoms with Gasteiger partial charge in [-0.15, -0.1) is 0 Å². The van der Waals surface area contributed by atoms with Crippen LogP contribution in [0.5, 0.6) is 11.5 Å². The highest BCUT2D eigenvalue weighted by Gasteiger charge is 2.46. The lowest BCUT2D eigenvalue weighted by atomic mass is 9.62. The fourth-order valence-electron chi connectivity index (χ4n) is 9.11. The van der Waals surface area contributed by atoms with Gasteiger partial charge in [0.2, 0.25) is 0 Å². The van der Waals surface area contributed by atoms with Gasteiger partial charge in [-0.05, 0) is 71.7 Å². The van der Waals surface area contributed by atoms with Crippen LogP contribution in [0.2, 0.25) is 0 Å². The smallest absolute Gasteiger partial charge is 0.160 e. The van der Waals surface area contributed by atoms with E-state index in [2.05, 4.69) is 188 Å². The van der Waals surface area contributed by atoms with Gasteiger partial charge >= 0.3 is 0 Å². The van der Waals surface area contributed by atoms with Crippen molar-refractivity contribution < 1.29 is 4.74 Å². The van der Waals surface area contributed by atoms with E-state index in [-0.39, 0.29) is 5.92 Å². The van der Waals surface area contributed by atoms with Crippen LogP contribution in [-0.4, -0.2) is 9.97 Å². The molecule has 0 fully saturated rings. The van der Waals surface area contributed by atoms with Crippen molar-refractivity contribution in [2.75, 3.05) is 0 Å². The van der Waals surface area contributed by atoms with Crippen LogP contribution >= 0.6 is 0 Å². The molecule has 1 aliphatic heterocycles. The molecule has 270 valence electrons. The minimum atomic E-state index is -0.562. The lowest BCUT2D eigenvalue weighted by Crippen LogP contribution is -2.35. The Hall–Kier alpha value is -6.58. The molecule has 3 aliphatic carbocycles. The average molecular weight is 723 g/mol. The van der Waals surface area contributed by atoms with E-state index >= 15 is 0 Å². The molecule has 0 bridgehead atoms. The Morgan fingerprint density at radius 2 is 1.29 bits per heavy atom. The van der Waals surface area contributed by atoms with E-state index in [1.54, 1.807) is 0 Å². The van der Waals surface area contributed by atoms with E-state index in [1.165, 1.54) is 33.4 Å². The third-order valence-electron chi connectivity index (χ3n) is 11.9. The molecule has 0 radical (unpaired) electrons. The average Bonchev–Trinajstić information content (AvgIpc) is 3.29. The first-order valence-electron chi connectivity index (χ1n) is 19.8. The summed E-state index contributed by atoms with van der Waals surface area (Å²) in [5, 5.41) is 0. The van der Waals surface area contributed by atoms with Crippen molar-refractivity contribution in [3.63, 3.8) is 0 Å². The molecule has 3 nitrogen and oxygen atoms in total. The van der Waals surface area contributed by atoms with Crippen LogP contribution in [0, 0.1) is 5.92 Å². The maximum absolute atomic E-state index is 6.59. The molecule has 0 saturated heterocycles. The van der Waals surface area contributed by atoms with Crippen LogP contribution in [0.15, 0.2) is 200 Å². The quantitative estimate of drug-likeness (QED) is 0.164. The minimum absolute atomic E-state index is 0.261. The maximum atomic E-state index is 6.59. The van der Waals surface area contributed by atoms with Gasteiger partial charge in [-0.3, -0.25) is 0 Å². The summed E-state index contributed by atoms with van der Waals surface area (Å²) in [6, 6.07) is 49.6. The Labute approximate surface area is 329 Å². The van der Waals surface area contributed by atoms with Crippen LogP contribution in [0.1, 0.15) is 70.8 Å². The standard InChI is InChI=1S/C53H42N2O/c1-4-16-40(17-5-1)48-36-49(55-52(54-48)42-18-6-2-7-19-42)41-34-30-38(31-35-41)37-28-32-39(33-29-37)44-22-10-11-23-45(44)53(43-20-8-3-9-21-43)46-24-12-14-26-50(46)56-51-27-15-13-25-47(51)53/h1-16,18-28,30,32-34,36-37,40H,17,29,31,35H2. The van der Waals surface area contributed by atoms with E-state index in [0.717, 1.165) is 71.1 Å². The number of nitrogens with zero attached hydrogens (tertiary/aromatic N) is 2. The number of allylic oxidation sites excluding steroid dienone is 12. The molecule has 0 saturated carbocycles. The van der Waals surface area contributed by atoms with E-state index in [1.807, 2.05) is 6.07 Å². The van der Waals surface area contributed by atoms with Crippen LogP contribution in [0.4, 0.5) is 0 Å². The molecule has 10 rings (SSSR count). The number of benzene rings is 5. The molecular weight excluding hydrogens is 681 g/mol. The second-order valence-corrected chi connectivity index (χ2v) is 15.1. The highest BCUT2D eigenvalue weighted by Crippen LogP contribution is 2.56. The fourth-order valence-corrected chi connectivity index (χ4v) is 9.11. The van der Waals surface area contributed by atoms with Crippen molar-refractivity contribution in [1.82, 2.24) is 9.97 Å². The summed E-state index contributed by atoms with van der Waals surface area (Å²) in [6.07, 6.45) is 24.5. The number of ether oxygens (including phenoxy) is 1. The molecule has 2 heterocycles. The molecule has 56 heavy (non-hydrogen) atoms. The second kappa shape index (κ2) is 14.6. The van der Waals surface area contributed by atoms with Crippen LogP contribution in [-0.2, 0) is 5.41 Å². The van der Waals surface area contributed by atoms with Gasteiger partial charge in [0.1, 0.15) is 11.5 Å².